The molecule has 3 heterocycles. The molecule has 1 saturated heterocycles. The van der Waals surface area contributed by atoms with Crippen molar-refractivity contribution in [2.75, 3.05) is 4.90 Å². The number of anilines is 1. The second-order valence-corrected chi connectivity index (χ2v) is 8.23. The Balaban J connectivity index is 1.41. The number of carbonyl (C=O) groups is 2. The summed E-state index contributed by atoms with van der Waals surface area (Å²) in [7, 11) is 0. The molecule has 0 bridgehead atoms. The summed E-state index contributed by atoms with van der Waals surface area (Å²) in [6, 6.07) is 7.76. The molecule has 1 spiro atoms. The Bertz CT molecular complexity index is 1140. The second kappa shape index (κ2) is 6.55. The third kappa shape index (κ3) is 2.82. The third-order valence-corrected chi connectivity index (χ3v) is 6.07. The fraction of sp³-hybridized carbons (Fsp3) is 0.364. The molecule has 1 aliphatic heterocycles. The molecule has 0 N–H and O–H groups in total. The van der Waals surface area contributed by atoms with Crippen molar-refractivity contribution in [1.29, 1.82) is 0 Å². The van der Waals surface area contributed by atoms with Gasteiger partial charge in [-0.25, -0.2) is 9.69 Å². The Labute approximate surface area is 174 Å². The lowest BCUT2D eigenvalue weighted by atomic mass is 10.1. The smallest absolute Gasteiger partial charge is 0.332 e. The normalized spacial score (nSPS) is 17.4. The van der Waals surface area contributed by atoms with Crippen LogP contribution in [0.15, 0.2) is 41.2 Å². The van der Waals surface area contributed by atoms with E-state index >= 15 is 0 Å². The van der Waals surface area contributed by atoms with E-state index < -0.39 is 5.54 Å². The van der Waals surface area contributed by atoms with Gasteiger partial charge in [-0.3, -0.25) is 9.48 Å². The molecule has 1 aromatic carbocycles. The number of aryl methyl sites for hydroxylation is 3. The van der Waals surface area contributed by atoms with Gasteiger partial charge < -0.3 is 9.42 Å². The summed E-state index contributed by atoms with van der Waals surface area (Å²) in [5, 5.41) is 8.32. The molecular formula is C22H23N5O3. The first-order valence-corrected chi connectivity index (χ1v) is 10.0. The van der Waals surface area contributed by atoms with Crippen molar-refractivity contribution in [3.63, 3.8) is 0 Å². The maximum Gasteiger partial charge on any atom is 0.332 e. The van der Waals surface area contributed by atoms with Gasteiger partial charge in [-0.2, -0.15) is 5.10 Å². The molecule has 3 aromatic rings. The number of rotatable bonds is 5. The Morgan fingerprint density at radius 3 is 2.60 bits per heavy atom. The summed E-state index contributed by atoms with van der Waals surface area (Å²) in [5.74, 6) is 0.580. The molecule has 2 aliphatic rings. The van der Waals surface area contributed by atoms with Gasteiger partial charge >= 0.3 is 6.03 Å². The standard InChI is InChI=1S/C22H23N5O3/c1-14-5-4-6-17(9-14)11-26-21(29)27(20(28)22(26)7-8-22)18-10-23-25(12-18)13-19-15(2)24-30-16(19)3/h4-6,9-10,12H,7-8,11,13H2,1-3H3. The van der Waals surface area contributed by atoms with E-state index in [1.165, 1.54) is 4.90 Å². The first-order chi connectivity index (χ1) is 14.4. The minimum Gasteiger partial charge on any atom is -0.361 e. The summed E-state index contributed by atoms with van der Waals surface area (Å²) in [6.45, 7) is 6.65. The zero-order chi connectivity index (χ0) is 21.0. The average molecular weight is 405 g/mol. The van der Waals surface area contributed by atoms with Crippen molar-refractivity contribution in [3.05, 3.63) is 64.8 Å². The van der Waals surface area contributed by atoms with Crippen LogP contribution in [0.4, 0.5) is 10.5 Å². The first kappa shape index (κ1) is 18.6. The minimum atomic E-state index is -0.704. The van der Waals surface area contributed by atoms with E-state index in [0.717, 1.165) is 28.1 Å². The molecular weight excluding hydrogens is 382 g/mol. The molecule has 154 valence electrons. The average Bonchev–Trinajstić information content (AvgIpc) is 3.24. The Morgan fingerprint density at radius 2 is 1.93 bits per heavy atom. The molecule has 1 saturated carbocycles. The zero-order valence-electron chi connectivity index (χ0n) is 17.3. The predicted octanol–water partition coefficient (Wildman–Crippen LogP) is 3.35. The van der Waals surface area contributed by atoms with E-state index in [2.05, 4.69) is 16.3 Å². The van der Waals surface area contributed by atoms with Crippen LogP contribution in [0, 0.1) is 20.8 Å². The molecule has 5 rings (SSSR count). The molecule has 0 unspecified atom stereocenters. The summed E-state index contributed by atoms with van der Waals surface area (Å²) in [5.41, 5.74) is 3.70. The van der Waals surface area contributed by atoms with Gasteiger partial charge in [-0.05, 0) is 39.2 Å². The predicted molar refractivity (Wildman–Crippen MR) is 109 cm³/mol. The molecule has 0 atom stereocenters. The van der Waals surface area contributed by atoms with Crippen LogP contribution >= 0.6 is 0 Å². The molecule has 0 radical (unpaired) electrons. The highest BCUT2D eigenvalue weighted by Gasteiger charge is 2.65. The molecule has 1 aliphatic carbocycles. The van der Waals surface area contributed by atoms with Crippen LogP contribution in [-0.2, 0) is 17.9 Å². The van der Waals surface area contributed by atoms with Gasteiger partial charge in [0.15, 0.2) is 0 Å². The molecule has 2 aromatic heterocycles. The number of hydrogen-bond acceptors (Lipinski definition) is 5. The highest BCUT2D eigenvalue weighted by Crippen LogP contribution is 2.49. The van der Waals surface area contributed by atoms with Crippen molar-refractivity contribution >= 4 is 17.6 Å². The summed E-state index contributed by atoms with van der Waals surface area (Å²) in [6.07, 6.45) is 4.70. The quantitative estimate of drug-likeness (QED) is 0.608. The SMILES string of the molecule is Cc1cccc(CN2C(=O)N(c3cnn(Cc4c(C)noc4C)c3)C(=O)C23CC3)c1. The number of urea groups is 1. The molecule has 8 nitrogen and oxygen atoms in total. The van der Waals surface area contributed by atoms with E-state index in [4.69, 9.17) is 4.52 Å². The maximum absolute atomic E-state index is 13.3. The minimum absolute atomic E-state index is 0.156. The van der Waals surface area contributed by atoms with Gasteiger partial charge in [-0.15, -0.1) is 0 Å². The van der Waals surface area contributed by atoms with Crippen molar-refractivity contribution < 1.29 is 14.1 Å². The Hall–Kier alpha value is -3.42. The van der Waals surface area contributed by atoms with E-state index in [-0.39, 0.29) is 11.9 Å². The van der Waals surface area contributed by atoms with Gasteiger partial charge in [0.1, 0.15) is 11.3 Å². The summed E-state index contributed by atoms with van der Waals surface area (Å²) < 4.78 is 6.91. The molecule has 30 heavy (non-hydrogen) atoms. The molecule has 8 heteroatoms. The lowest BCUT2D eigenvalue weighted by Crippen LogP contribution is -2.36. The summed E-state index contributed by atoms with van der Waals surface area (Å²) >= 11 is 0. The Morgan fingerprint density at radius 1 is 1.13 bits per heavy atom. The van der Waals surface area contributed by atoms with Gasteiger partial charge in [-0.1, -0.05) is 35.0 Å². The van der Waals surface area contributed by atoms with Crippen LogP contribution in [-0.4, -0.2) is 37.3 Å². The van der Waals surface area contributed by atoms with E-state index in [0.29, 0.717) is 31.6 Å². The fourth-order valence-electron chi connectivity index (χ4n) is 4.20. The van der Waals surface area contributed by atoms with Crippen LogP contribution in [0.25, 0.3) is 0 Å². The topological polar surface area (TPSA) is 84.5 Å². The van der Waals surface area contributed by atoms with Gasteiger partial charge in [0.2, 0.25) is 0 Å². The second-order valence-electron chi connectivity index (χ2n) is 8.23. The van der Waals surface area contributed by atoms with Crippen LogP contribution < -0.4 is 4.90 Å². The number of carbonyl (C=O) groups excluding carboxylic acids is 2. The number of benzene rings is 1. The first-order valence-electron chi connectivity index (χ1n) is 10.0. The van der Waals surface area contributed by atoms with E-state index in [1.54, 1.807) is 22.0 Å². The van der Waals surface area contributed by atoms with Crippen molar-refractivity contribution in [1.82, 2.24) is 19.8 Å². The van der Waals surface area contributed by atoms with Crippen molar-refractivity contribution in [2.24, 2.45) is 0 Å². The lowest BCUT2D eigenvalue weighted by Gasteiger charge is -2.21. The van der Waals surface area contributed by atoms with E-state index in [9.17, 15) is 9.59 Å². The zero-order valence-corrected chi connectivity index (χ0v) is 17.3. The maximum atomic E-state index is 13.3. The number of amides is 3. The van der Waals surface area contributed by atoms with Crippen LogP contribution in [0.5, 0.6) is 0 Å². The number of imide groups is 1. The van der Waals surface area contributed by atoms with Crippen LogP contribution in [0.2, 0.25) is 0 Å². The monoisotopic (exact) mass is 405 g/mol. The summed E-state index contributed by atoms with van der Waals surface area (Å²) in [4.78, 5) is 29.5. The highest BCUT2D eigenvalue weighted by molar-refractivity contribution is 6.24. The number of aromatic nitrogens is 3. The van der Waals surface area contributed by atoms with Crippen LogP contribution in [0.1, 0.15) is 41.0 Å². The fourth-order valence-corrected chi connectivity index (χ4v) is 4.20. The molecule has 2 fully saturated rings. The van der Waals surface area contributed by atoms with Crippen LogP contribution in [0.3, 0.4) is 0 Å². The van der Waals surface area contributed by atoms with Crippen molar-refractivity contribution in [2.45, 2.75) is 52.2 Å². The largest absolute Gasteiger partial charge is 0.361 e. The third-order valence-electron chi connectivity index (χ3n) is 6.07. The highest BCUT2D eigenvalue weighted by atomic mass is 16.5. The number of nitrogens with zero attached hydrogens (tertiary/aromatic N) is 5. The van der Waals surface area contributed by atoms with Gasteiger partial charge in [0.05, 0.1) is 24.1 Å². The van der Waals surface area contributed by atoms with E-state index in [1.807, 2.05) is 39.0 Å². The number of hydrogen-bond donors (Lipinski definition) is 0. The molecule has 3 amide bonds. The van der Waals surface area contributed by atoms with Gasteiger partial charge in [0.25, 0.3) is 5.91 Å². The van der Waals surface area contributed by atoms with Gasteiger partial charge in [0, 0.05) is 18.3 Å². The Kier molecular flexibility index (Phi) is 4.06. The van der Waals surface area contributed by atoms with Crippen molar-refractivity contribution in [3.8, 4) is 0 Å². The lowest BCUT2D eigenvalue weighted by molar-refractivity contribution is -0.120.